The number of hydrogen-bond acceptors (Lipinski definition) is 3. The topological polar surface area (TPSA) is 55.1 Å². The second kappa shape index (κ2) is 5.95. The lowest BCUT2D eigenvalue weighted by molar-refractivity contribution is -0.122. The van der Waals surface area contributed by atoms with Crippen LogP contribution in [0, 0.1) is 13.8 Å². The second-order valence-corrected chi connectivity index (χ2v) is 6.26. The van der Waals surface area contributed by atoms with Crippen molar-refractivity contribution in [2.75, 3.05) is 5.32 Å². The Morgan fingerprint density at radius 1 is 1.14 bits per heavy atom. The zero-order valence-electron chi connectivity index (χ0n) is 13.2. The molecule has 0 aliphatic heterocycles. The summed E-state index contributed by atoms with van der Waals surface area (Å²) in [5, 5.41) is 6.87. The number of hydrogen-bond donors (Lipinski definition) is 1. The third-order valence-corrected chi connectivity index (χ3v) is 4.78. The number of carbonyl (C=O) groups excluding carboxylic acids is 1. The van der Waals surface area contributed by atoms with Crippen LogP contribution in [-0.2, 0) is 10.2 Å². The van der Waals surface area contributed by atoms with Crippen molar-refractivity contribution >= 4 is 11.7 Å². The summed E-state index contributed by atoms with van der Waals surface area (Å²) < 4.78 is 4.93. The molecule has 0 spiro atoms. The fraction of sp³-hybridized carbons (Fsp3) is 0.444. The van der Waals surface area contributed by atoms with Crippen LogP contribution < -0.4 is 5.32 Å². The summed E-state index contributed by atoms with van der Waals surface area (Å²) in [4.78, 5) is 13.1. The van der Waals surface area contributed by atoms with Gasteiger partial charge in [0.15, 0.2) is 5.82 Å². The molecule has 0 atom stereocenters. The molecule has 1 aliphatic carbocycles. The summed E-state index contributed by atoms with van der Waals surface area (Å²) in [6.45, 7) is 3.97. The lowest BCUT2D eigenvalue weighted by Gasteiger charge is -2.37. The molecule has 1 aromatic carbocycles. The highest BCUT2D eigenvalue weighted by atomic mass is 16.5. The molecule has 0 radical (unpaired) electrons. The molecule has 0 saturated heterocycles. The Kier molecular flexibility index (Phi) is 4.01. The average molecular weight is 298 g/mol. The molecule has 1 aliphatic rings. The van der Waals surface area contributed by atoms with E-state index in [4.69, 9.17) is 4.52 Å². The first-order valence-corrected chi connectivity index (χ1v) is 7.92. The van der Waals surface area contributed by atoms with Gasteiger partial charge in [0, 0.05) is 5.56 Å². The van der Waals surface area contributed by atoms with Crippen LogP contribution in [0.2, 0.25) is 0 Å². The van der Waals surface area contributed by atoms with Crippen molar-refractivity contribution in [3.63, 3.8) is 0 Å². The van der Waals surface area contributed by atoms with Crippen molar-refractivity contribution in [1.82, 2.24) is 5.16 Å². The van der Waals surface area contributed by atoms with Gasteiger partial charge >= 0.3 is 0 Å². The van der Waals surface area contributed by atoms with Gasteiger partial charge in [0.1, 0.15) is 6.26 Å². The highest BCUT2D eigenvalue weighted by molar-refractivity contribution is 5.99. The monoisotopic (exact) mass is 298 g/mol. The van der Waals surface area contributed by atoms with E-state index in [-0.39, 0.29) is 5.91 Å². The van der Waals surface area contributed by atoms with Gasteiger partial charge in [0.2, 0.25) is 5.91 Å². The van der Waals surface area contributed by atoms with Crippen LogP contribution in [0.1, 0.15) is 48.8 Å². The molecule has 1 aromatic heterocycles. The first kappa shape index (κ1) is 14.8. The molecule has 1 amide bonds. The zero-order valence-corrected chi connectivity index (χ0v) is 13.2. The molecule has 1 saturated carbocycles. The number of carbonyl (C=O) groups is 1. The molecule has 1 fully saturated rings. The standard InChI is InChI=1S/C18H22N2O2/c1-13-8-4-5-9-15(13)18(10-6-3-7-11-18)17(21)19-16-14(2)12-22-20-16/h4-5,8-9,12H,3,6-7,10-11H2,1-2H3,(H,19,20,21). The molecule has 22 heavy (non-hydrogen) atoms. The molecule has 4 heteroatoms. The third kappa shape index (κ3) is 2.54. The number of anilines is 1. The van der Waals surface area contributed by atoms with Gasteiger partial charge in [0.05, 0.1) is 5.41 Å². The molecule has 1 heterocycles. The number of aryl methyl sites for hydroxylation is 2. The van der Waals surface area contributed by atoms with Crippen molar-refractivity contribution in [1.29, 1.82) is 0 Å². The Hall–Kier alpha value is -2.10. The first-order valence-electron chi connectivity index (χ1n) is 7.92. The second-order valence-electron chi connectivity index (χ2n) is 6.26. The Balaban J connectivity index is 1.97. The molecule has 0 unspecified atom stereocenters. The van der Waals surface area contributed by atoms with Gasteiger partial charge in [0.25, 0.3) is 0 Å². The molecule has 116 valence electrons. The van der Waals surface area contributed by atoms with E-state index in [1.165, 1.54) is 12.0 Å². The lowest BCUT2D eigenvalue weighted by atomic mass is 9.67. The summed E-state index contributed by atoms with van der Waals surface area (Å²) in [5.74, 6) is 0.571. The van der Waals surface area contributed by atoms with Crippen molar-refractivity contribution in [3.8, 4) is 0 Å². The molecule has 1 N–H and O–H groups in total. The number of benzene rings is 1. The van der Waals surface area contributed by atoms with E-state index in [0.29, 0.717) is 5.82 Å². The van der Waals surface area contributed by atoms with E-state index < -0.39 is 5.41 Å². The van der Waals surface area contributed by atoms with E-state index in [1.54, 1.807) is 6.26 Å². The summed E-state index contributed by atoms with van der Waals surface area (Å²) in [6, 6.07) is 8.22. The van der Waals surface area contributed by atoms with Crippen LogP contribution in [0.3, 0.4) is 0 Å². The fourth-order valence-electron chi connectivity index (χ4n) is 3.52. The van der Waals surface area contributed by atoms with Gasteiger partial charge in [-0.05, 0) is 37.8 Å². The maximum Gasteiger partial charge on any atom is 0.236 e. The van der Waals surface area contributed by atoms with Crippen LogP contribution in [0.15, 0.2) is 35.1 Å². The minimum atomic E-state index is -0.449. The molecule has 4 nitrogen and oxygen atoms in total. The lowest BCUT2D eigenvalue weighted by Crippen LogP contribution is -2.42. The fourth-order valence-corrected chi connectivity index (χ4v) is 3.52. The van der Waals surface area contributed by atoms with E-state index in [1.807, 2.05) is 19.1 Å². The van der Waals surface area contributed by atoms with Crippen molar-refractivity contribution in [3.05, 3.63) is 47.2 Å². The summed E-state index contributed by atoms with van der Waals surface area (Å²) in [6.07, 6.45) is 6.70. The smallest absolute Gasteiger partial charge is 0.236 e. The number of amides is 1. The van der Waals surface area contributed by atoms with Crippen LogP contribution in [0.4, 0.5) is 5.82 Å². The first-order chi connectivity index (χ1) is 10.6. The van der Waals surface area contributed by atoms with Crippen molar-refractivity contribution in [2.45, 2.75) is 51.4 Å². The maximum atomic E-state index is 13.1. The number of aromatic nitrogens is 1. The third-order valence-electron chi connectivity index (χ3n) is 4.78. The van der Waals surface area contributed by atoms with E-state index in [0.717, 1.165) is 36.8 Å². The van der Waals surface area contributed by atoms with Gasteiger partial charge in [-0.1, -0.05) is 48.7 Å². The Bertz CT molecular complexity index is 669. The van der Waals surface area contributed by atoms with Gasteiger partial charge in [-0.3, -0.25) is 4.79 Å². The van der Waals surface area contributed by atoms with Crippen LogP contribution in [0.5, 0.6) is 0 Å². The SMILES string of the molecule is Cc1ccccc1C1(C(=O)Nc2nocc2C)CCCCC1. The quantitative estimate of drug-likeness (QED) is 0.926. The summed E-state index contributed by atoms with van der Waals surface area (Å²) in [7, 11) is 0. The minimum absolute atomic E-state index is 0.0403. The highest BCUT2D eigenvalue weighted by Crippen LogP contribution is 2.41. The molecular weight excluding hydrogens is 276 g/mol. The number of nitrogens with zero attached hydrogens (tertiary/aromatic N) is 1. The highest BCUT2D eigenvalue weighted by Gasteiger charge is 2.42. The predicted octanol–water partition coefficient (Wildman–Crippen LogP) is 4.13. The predicted molar refractivity (Wildman–Crippen MR) is 85.8 cm³/mol. The molecule has 2 aromatic rings. The largest absolute Gasteiger partial charge is 0.362 e. The van der Waals surface area contributed by atoms with E-state index >= 15 is 0 Å². The molecule has 0 bridgehead atoms. The Labute approximate surface area is 130 Å². The zero-order chi connectivity index (χ0) is 15.6. The van der Waals surface area contributed by atoms with E-state index in [2.05, 4.69) is 29.5 Å². The van der Waals surface area contributed by atoms with E-state index in [9.17, 15) is 4.79 Å². The van der Waals surface area contributed by atoms with Crippen LogP contribution in [0.25, 0.3) is 0 Å². The molecule has 3 rings (SSSR count). The summed E-state index contributed by atoms with van der Waals surface area (Å²) in [5.41, 5.74) is 2.73. The number of rotatable bonds is 3. The number of nitrogens with one attached hydrogen (secondary N) is 1. The van der Waals surface area contributed by atoms with Crippen LogP contribution in [-0.4, -0.2) is 11.1 Å². The van der Waals surface area contributed by atoms with Gasteiger partial charge in [-0.15, -0.1) is 0 Å². The van der Waals surface area contributed by atoms with Crippen molar-refractivity contribution in [2.24, 2.45) is 0 Å². The van der Waals surface area contributed by atoms with Gasteiger partial charge in [-0.2, -0.15) is 0 Å². The van der Waals surface area contributed by atoms with Gasteiger partial charge < -0.3 is 9.84 Å². The Morgan fingerprint density at radius 2 is 1.86 bits per heavy atom. The van der Waals surface area contributed by atoms with Crippen molar-refractivity contribution < 1.29 is 9.32 Å². The summed E-state index contributed by atoms with van der Waals surface area (Å²) >= 11 is 0. The van der Waals surface area contributed by atoms with Gasteiger partial charge in [-0.25, -0.2) is 0 Å². The Morgan fingerprint density at radius 3 is 2.50 bits per heavy atom. The average Bonchev–Trinajstić information content (AvgIpc) is 2.93. The minimum Gasteiger partial charge on any atom is -0.362 e. The molecular formula is C18H22N2O2. The maximum absolute atomic E-state index is 13.1. The normalized spacial score (nSPS) is 17.2. The van der Waals surface area contributed by atoms with Crippen LogP contribution >= 0.6 is 0 Å².